The largest absolute Gasteiger partial charge is 0.376 e. The molecule has 2 rings (SSSR count). The van der Waals surface area contributed by atoms with Crippen molar-refractivity contribution in [2.24, 2.45) is 0 Å². The van der Waals surface area contributed by atoms with E-state index in [0.717, 1.165) is 19.4 Å². The molecular formula is C12H15FO2. The summed E-state index contributed by atoms with van der Waals surface area (Å²) in [4.78, 5) is 0. The van der Waals surface area contributed by atoms with Gasteiger partial charge in [0.25, 0.3) is 0 Å². The minimum atomic E-state index is -1.34. The molecule has 0 N–H and O–H groups in total. The fourth-order valence-corrected chi connectivity index (χ4v) is 1.67. The van der Waals surface area contributed by atoms with Gasteiger partial charge in [-0.15, -0.1) is 0 Å². The number of rotatable bonds is 4. The Morgan fingerprint density at radius 3 is 2.87 bits per heavy atom. The third-order valence-corrected chi connectivity index (χ3v) is 2.51. The normalized spacial score (nSPS) is 22.9. The Morgan fingerprint density at radius 2 is 2.20 bits per heavy atom. The Morgan fingerprint density at radius 1 is 1.40 bits per heavy atom. The van der Waals surface area contributed by atoms with Gasteiger partial charge in [0.2, 0.25) is 6.36 Å². The molecular weight excluding hydrogens is 195 g/mol. The molecule has 0 radical (unpaired) electrons. The summed E-state index contributed by atoms with van der Waals surface area (Å²) in [6, 6.07) is 8.91. The van der Waals surface area contributed by atoms with E-state index in [4.69, 9.17) is 9.47 Å². The third-order valence-electron chi connectivity index (χ3n) is 2.51. The van der Waals surface area contributed by atoms with Crippen LogP contribution >= 0.6 is 0 Å². The Balaban J connectivity index is 1.79. The summed E-state index contributed by atoms with van der Waals surface area (Å²) in [5.41, 5.74) is 0.565. The lowest BCUT2D eigenvalue weighted by molar-refractivity contribution is -0.0795. The van der Waals surface area contributed by atoms with Crippen molar-refractivity contribution in [3.63, 3.8) is 0 Å². The maximum Gasteiger partial charge on any atom is 0.225 e. The number of ether oxygens (including phenoxy) is 2. The summed E-state index contributed by atoms with van der Waals surface area (Å²) >= 11 is 0. The number of benzene rings is 1. The standard InChI is InChI=1S/C12H15FO2/c13-12(10-5-2-1-3-6-10)15-9-11-7-4-8-14-11/h1-3,5-6,11-12H,4,7-9H2. The topological polar surface area (TPSA) is 18.5 Å². The molecule has 2 unspecified atom stereocenters. The second-order valence-corrected chi connectivity index (χ2v) is 3.70. The van der Waals surface area contributed by atoms with Crippen molar-refractivity contribution in [1.29, 1.82) is 0 Å². The van der Waals surface area contributed by atoms with Crippen molar-refractivity contribution < 1.29 is 13.9 Å². The first-order valence-corrected chi connectivity index (χ1v) is 5.28. The zero-order valence-corrected chi connectivity index (χ0v) is 8.56. The van der Waals surface area contributed by atoms with Crippen LogP contribution in [0.2, 0.25) is 0 Å². The highest BCUT2D eigenvalue weighted by atomic mass is 19.1. The van der Waals surface area contributed by atoms with Crippen LogP contribution in [-0.4, -0.2) is 19.3 Å². The van der Waals surface area contributed by atoms with E-state index in [1.54, 1.807) is 24.3 Å². The maximum absolute atomic E-state index is 13.5. The molecule has 2 atom stereocenters. The minimum Gasteiger partial charge on any atom is -0.376 e. The number of hydrogen-bond donors (Lipinski definition) is 0. The lowest BCUT2D eigenvalue weighted by atomic mass is 10.2. The van der Waals surface area contributed by atoms with Crippen molar-refractivity contribution in [3.8, 4) is 0 Å². The van der Waals surface area contributed by atoms with Crippen molar-refractivity contribution in [2.75, 3.05) is 13.2 Å². The molecule has 2 nitrogen and oxygen atoms in total. The fraction of sp³-hybridized carbons (Fsp3) is 0.500. The zero-order chi connectivity index (χ0) is 10.5. The Bertz CT molecular complexity index is 283. The molecule has 1 saturated heterocycles. The molecule has 1 aliphatic heterocycles. The predicted molar refractivity (Wildman–Crippen MR) is 55.2 cm³/mol. The molecule has 0 aromatic heterocycles. The summed E-state index contributed by atoms with van der Waals surface area (Å²) in [6.07, 6.45) is 0.764. The van der Waals surface area contributed by atoms with Crippen LogP contribution in [0, 0.1) is 0 Å². The van der Waals surface area contributed by atoms with Crippen molar-refractivity contribution in [3.05, 3.63) is 35.9 Å². The summed E-state index contributed by atoms with van der Waals surface area (Å²) in [5.74, 6) is 0. The Kier molecular flexibility index (Phi) is 3.69. The van der Waals surface area contributed by atoms with Crippen LogP contribution in [0.1, 0.15) is 24.8 Å². The van der Waals surface area contributed by atoms with E-state index in [-0.39, 0.29) is 6.10 Å². The molecule has 0 spiro atoms. The zero-order valence-electron chi connectivity index (χ0n) is 8.56. The second-order valence-electron chi connectivity index (χ2n) is 3.70. The number of hydrogen-bond acceptors (Lipinski definition) is 2. The highest BCUT2D eigenvalue weighted by molar-refractivity contribution is 5.15. The Labute approximate surface area is 89.0 Å². The smallest absolute Gasteiger partial charge is 0.225 e. The first-order chi connectivity index (χ1) is 7.36. The summed E-state index contributed by atoms with van der Waals surface area (Å²) < 4.78 is 24.0. The van der Waals surface area contributed by atoms with Crippen LogP contribution < -0.4 is 0 Å². The van der Waals surface area contributed by atoms with Gasteiger partial charge in [-0.25, -0.2) is 4.39 Å². The van der Waals surface area contributed by atoms with E-state index >= 15 is 0 Å². The van der Waals surface area contributed by atoms with Crippen LogP contribution in [-0.2, 0) is 9.47 Å². The third kappa shape index (κ3) is 3.01. The van der Waals surface area contributed by atoms with Gasteiger partial charge in [0, 0.05) is 12.2 Å². The molecule has 3 heteroatoms. The van der Waals surface area contributed by atoms with Gasteiger partial charge in [-0.2, -0.15) is 0 Å². The molecule has 1 fully saturated rings. The van der Waals surface area contributed by atoms with E-state index in [9.17, 15) is 4.39 Å². The maximum atomic E-state index is 13.5. The number of halogens is 1. The molecule has 0 amide bonds. The van der Waals surface area contributed by atoms with Gasteiger partial charge in [0.05, 0.1) is 12.7 Å². The van der Waals surface area contributed by atoms with Gasteiger partial charge >= 0.3 is 0 Å². The molecule has 0 saturated carbocycles. The average Bonchev–Trinajstić information content (AvgIpc) is 2.80. The SMILES string of the molecule is FC(OCC1CCCO1)c1ccccc1. The summed E-state index contributed by atoms with van der Waals surface area (Å²) in [6.45, 7) is 1.12. The van der Waals surface area contributed by atoms with Crippen LogP contribution in [0.25, 0.3) is 0 Å². The van der Waals surface area contributed by atoms with Crippen LogP contribution in [0.15, 0.2) is 30.3 Å². The lowest BCUT2D eigenvalue weighted by Gasteiger charge is -2.13. The summed E-state index contributed by atoms with van der Waals surface area (Å²) in [5, 5.41) is 0. The predicted octanol–water partition coefficient (Wildman–Crippen LogP) is 2.85. The van der Waals surface area contributed by atoms with Crippen LogP contribution in [0.4, 0.5) is 4.39 Å². The highest BCUT2D eigenvalue weighted by Crippen LogP contribution is 2.20. The molecule has 1 heterocycles. The Hall–Kier alpha value is -0.930. The van der Waals surface area contributed by atoms with Crippen molar-refractivity contribution >= 4 is 0 Å². The quantitative estimate of drug-likeness (QED) is 0.760. The monoisotopic (exact) mass is 210 g/mol. The molecule has 15 heavy (non-hydrogen) atoms. The van der Waals surface area contributed by atoms with Crippen LogP contribution in [0.5, 0.6) is 0 Å². The molecule has 1 aromatic rings. The number of alkyl halides is 1. The highest BCUT2D eigenvalue weighted by Gasteiger charge is 2.18. The molecule has 1 aromatic carbocycles. The van der Waals surface area contributed by atoms with Gasteiger partial charge in [0.15, 0.2) is 0 Å². The lowest BCUT2D eigenvalue weighted by Crippen LogP contribution is -2.15. The van der Waals surface area contributed by atoms with E-state index in [2.05, 4.69) is 0 Å². The summed E-state index contributed by atoms with van der Waals surface area (Å²) in [7, 11) is 0. The van der Waals surface area contributed by atoms with E-state index < -0.39 is 6.36 Å². The van der Waals surface area contributed by atoms with E-state index in [1.165, 1.54) is 0 Å². The second kappa shape index (κ2) is 5.24. The van der Waals surface area contributed by atoms with Crippen LogP contribution in [0.3, 0.4) is 0 Å². The molecule has 82 valence electrons. The first kappa shape index (κ1) is 10.6. The van der Waals surface area contributed by atoms with E-state index in [0.29, 0.717) is 12.2 Å². The molecule has 0 bridgehead atoms. The van der Waals surface area contributed by atoms with Gasteiger partial charge in [-0.05, 0) is 12.8 Å². The minimum absolute atomic E-state index is 0.0759. The van der Waals surface area contributed by atoms with Crippen molar-refractivity contribution in [2.45, 2.75) is 25.3 Å². The molecule has 1 aliphatic rings. The van der Waals surface area contributed by atoms with Gasteiger partial charge in [0.1, 0.15) is 0 Å². The average molecular weight is 210 g/mol. The fourth-order valence-electron chi connectivity index (χ4n) is 1.67. The first-order valence-electron chi connectivity index (χ1n) is 5.28. The van der Waals surface area contributed by atoms with Gasteiger partial charge in [-0.1, -0.05) is 30.3 Å². The molecule has 0 aliphatic carbocycles. The van der Waals surface area contributed by atoms with Gasteiger partial charge in [-0.3, -0.25) is 0 Å². The van der Waals surface area contributed by atoms with E-state index in [1.807, 2.05) is 6.07 Å². The van der Waals surface area contributed by atoms with Gasteiger partial charge < -0.3 is 9.47 Å². The van der Waals surface area contributed by atoms with Crippen molar-refractivity contribution in [1.82, 2.24) is 0 Å².